The first-order valence-corrected chi connectivity index (χ1v) is 13.6. The SMILES string of the molecule is CCc1cc(NC(=O)C(=O)N2CC(C)CC[C@@H]2c2ccc3sc(C4CCN(C)C4)nc3c2)cnc1N. The zero-order valence-corrected chi connectivity index (χ0v) is 22.0. The van der Waals surface area contributed by atoms with Crippen LogP contribution in [-0.2, 0) is 16.0 Å². The Morgan fingerprint density at radius 2 is 2.03 bits per heavy atom. The van der Waals surface area contributed by atoms with Crippen LogP contribution in [0.15, 0.2) is 30.5 Å². The molecule has 0 radical (unpaired) electrons. The second-order valence-electron chi connectivity index (χ2n) is 10.3. The van der Waals surface area contributed by atoms with Gasteiger partial charge in [0.25, 0.3) is 0 Å². The summed E-state index contributed by atoms with van der Waals surface area (Å²) in [6, 6.07) is 7.96. The zero-order chi connectivity index (χ0) is 25.4. The molecule has 2 aliphatic rings. The molecule has 3 N–H and O–H groups in total. The highest BCUT2D eigenvalue weighted by atomic mass is 32.1. The molecule has 2 fully saturated rings. The van der Waals surface area contributed by atoms with E-state index in [-0.39, 0.29) is 6.04 Å². The number of pyridine rings is 1. The topological polar surface area (TPSA) is 104 Å². The number of likely N-dealkylation sites (tertiary alicyclic amines) is 2. The van der Waals surface area contributed by atoms with E-state index in [0.717, 1.165) is 49.0 Å². The summed E-state index contributed by atoms with van der Waals surface area (Å²) in [5, 5.41) is 3.93. The van der Waals surface area contributed by atoms with E-state index < -0.39 is 11.8 Å². The Kier molecular flexibility index (Phi) is 6.94. The molecule has 2 unspecified atom stereocenters. The number of benzene rings is 1. The summed E-state index contributed by atoms with van der Waals surface area (Å²) < 4.78 is 1.17. The van der Waals surface area contributed by atoms with Gasteiger partial charge in [0.1, 0.15) is 5.82 Å². The van der Waals surface area contributed by atoms with Gasteiger partial charge in [0.05, 0.1) is 33.2 Å². The van der Waals surface area contributed by atoms with E-state index in [1.807, 2.05) is 6.92 Å². The van der Waals surface area contributed by atoms with Crippen molar-refractivity contribution >= 4 is 44.9 Å². The lowest BCUT2D eigenvalue weighted by Gasteiger charge is -2.38. The average molecular weight is 507 g/mol. The van der Waals surface area contributed by atoms with Gasteiger partial charge in [-0.2, -0.15) is 0 Å². The van der Waals surface area contributed by atoms with Gasteiger partial charge in [-0.25, -0.2) is 9.97 Å². The highest BCUT2D eigenvalue weighted by Gasteiger charge is 2.34. The van der Waals surface area contributed by atoms with Crippen molar-refractivity contribution in [1.29, 1.82) is 0 Å². The predicted octanol–water partition coefficient (Wildman–Crippen LogP) is 4.19. The van der Waals surface area contributed by atoms with Crippen molar-refractivity contribution in [2.24, 2.45) is 5.92 Å². The molecular weight excluding hydrogens is 472 g/mol. The first kappa shape index (κ1) is 24.6. The van der Waals surface area contributed by atoms with Crippen molar-refractivity contribution in [3.63, 3.8) is 0 Å². The number of hydrogen-bond donors (Lipinski definition) is 2. The Balaban J connectivity index is 1.37. The highest BCUT2D eigenvalue weighted by molar-refractivity contribution is 7.18. The molecule has 9 heteroatoms. The number of nitrogens with one attached hydrogen (secondary N) is 1. The Labute approximate surface area is 215 Å². The molecule has 2 aromatic heterocycles. The number of aryl methyl sites for hydroxylation is 1. The molecule has 1 aromatic carbocycles. The van der Waals surface area contributed by atoms with Crippen molar-refractivity contribution in [2.75, 3.05) is 37.7 Å². The van der Waals surface area contributed by atoms with E-state index in [2.05, 4.69) is 47.4 Å². The molecule has 8 nitrogen and oxygen atoms in total. The normalized spacial score (nSPS) is 22.8. The van der Waals surface area contributed by atoms with Crippen molar-refractivity contribution in [2.45, 2.75) is 51.5 Å². The molecule has 3 aromatic rings. The quantitative estimate of drug-likeness (QED) is 0.514. The van der Waals surface area contributed by atoms with Gasteiger partial charge in [0, 0.05) is 19.0 Å². The largest absolute Gasteiger partial charge is 0.383 e. The molecule has 2 saturated heterocycles. The Hall–Kier alpha value is -3.04. The predicted molar refractivity (Wildman–Crippen MR) is 144 cm³/mol. The summed E-state index contributed by atoms with van der Waals surface area (Å²) >= 11 is 1.77. The third-order valence-electron chi connectivity index (χ3n) is 7.47. The molecule has 0 saturated carbocycles. The van der Waals surface area contributed by atoms with Gasteiger partial charge in [-0.15, -0.1) is 11.3 Å². The molecule has 3 atom stereocenters. The first-order valence-electron chi connectivity index (χ1n) is 12.8. The van der Waals surface area contributed by atoms with Crippen LogP contribution in [0.2, 0.25) is 0 Å². The van der Waals surface area contributed by atoms with Gasteiger partial charge in [0.2, 0.25) is 0 Å². The van der Waals surface area contributed by atoms with E-state index >= 15 is 0 Å². The molecule has 2 aliphatic heterocycles. The number of aromatic nitrogens is 2. The fourth-order valence-electron chi connectivity index (χ4n) is 5.39. The number of carbonyl (C=O) groups is 2. The van der Waals surface area contributed by atoms with Crippen LogP contribution in [0.3, 0.4) is 0 Å². The van der Waals surface area contributed by atoms with Crippen LogP contribution in [0.1, 0.15) is 61.2 Å². The number of nitrogens with zero attached hydrogens (tertiary/aromatic N) is 4. The molecular formula is C27H34N6O2S. The number of likely N-dealkylation sites (N-methyl/N-ethyl adjacent to an activating group) is 1. The van der Waals surface area contributed by atoms with Gasteiger partial charge in [0.15, 0.2) is 0 Å². The van der Waals surface area contributed by atoms with Crippen molar-refractivity contribution < 1.29 is 9.59 Å². The molecule has 2 amide bonds. The van der Waals surface area contributed by atoms with Gasteiger partial charge >= 0.3 is 11.8 Å². The Morgan fingerprint density at radius 1 is 1.19 bits per heavy atom. The molecule has 0 spiro atoms. The number of carbonyl (C=O) groups excluding carboxylic acids is 2. The summed E-state index contributed by atoms with van der Waals surface area (Å²) in [6.45, 7) is 6.80. The van der Waals surface area contributed by atoms with Crippen LogP contribution in [0, 0.1) is 5.92 Å². The molecule has 36 heavy (non-hydrogen) atoms. The van der Waals surface area contributed by atoms with Gasteiger partial charge in [-0.05, 0) is 74.5 Å². The van der Waals surface area contributed by atoms with Gasteiger partial charge < -0.3 is 20.9 Å². The van der Waals surface area contributed by atoms with E-state index in [0.29, 0.717) is 36.3 Å². The summed E-state index contributed by atoms with van der Waals surface area (Å²) in [6.07, 6.45) is 5.16. The summed E-state index contributed by atoms with van der Waals surface area (Å²) in [7, 11) is 2.16. The zero-order valence-electron chi connectivity index (χ0n) is 21.2. The number of thiazole rings is 1. The van der Waals surface area contributed by atoms with E-state index in [4.69, 9.17) is 10.7 Å². The molecule has 0 aliphatic carbocycles. The third-order valence-corrected chi connectivity index (χ3v) is 8.67. The lowest BCUT2D eigenvalue weighted by Crippen LogP contribution is -2.46. The summed E-state index contributed by atoms with van der Waals surface area (Å²) in [4.78, 5) is 39.6. The molecule has 5 rings (SSSR count). The molecule has 4 heterocycles. The number of anilines is 2. The van der Waals surface area contributed by atoms with Gasteiger partial charge in [-0.3, -0.25) is 9.59 Å². The van der Waals surface area contributed by atoms with Crippen LogP contribution in [0.4, 0.5) is 11.5 Å². The standard InChI is InChI=1S/C27H34N6O2S/c1-4-17-11-20(13-29-24(17)28)30-25(34)27(35)33-14-16(2)5-7-22(33)18-6-8-23-21(12-18)31-26(36-23)19-9-10-32(3)15-19/h6,8,11-13,16,19,22H,4-5,7,9-10,14-15H2,1-3H3,(H2,28,29)(H,30,34)/t16?,19?,22-/m1/s1. The fraction of sp³-hybridized carbons (Fsp3) is 0.481. The minimum Gasteiger partial charge on any atom is -0.383 e. The number of hydrogen-bond acceptors (Lipinski definition) is 7. The number of rotatable bonds is 4. The number of nitrogens with two attached hydrogens (primary N) is 1. The summed E-state index contributed by atoms with van der Waals surface area (Å²) in [5.74, 6) is 0.0907. The smallest absolute Gasteiger partial charge is 0.313 e. The third kappa shape index (κ3) is 4.95. The molecule has 190 valence electrons. The summed E-state index contributed by atoms with van der Waals surface area (Å²) in [5.41, 5.74) is 9.23. The minimum absolute atomic E-state index is 0.151. The highest BCUT2D eigenvalue weighted by Crippen LogP contribution is 2.37. The van der Waals surface area contributed by atoms with Crippen LogP contribution in [-0.4, -0.2) is 58.3 Å². The van der Waals surface area contributed by atoms with Crippen LogP contribution < -0.4 is 11.1 Å². The van der Waals surface area contributed by atoms with Gasteiger partial charge in [-0.1, -0.05) is 19.9 Å². The van der Waals surface area contributed by atoms with Crippen molar-refractivity contribution in [1.82, 2.24) is 19.8 Å². The van der Waals surface area contributed by atoms with Crippen LogP contribution >= 0.6 is 11.3 Å². The fourth-order valence-corrected chi connectivity index (χ4v) is 6.47. The van der Waals surface area contributed by atoms with E-state index in [1.165, 1.54) is 15.9 Å². The first-order chi connectivity index (χ1) is 17.3. The monoisotopic (exact) mass is 506 g/mol. The second kappa shape index (κ2) is 10.1. The Bertz CT molecular complexity index is 1290. The van der Waals surface area contributed by atoms with E-state index in [1.54, 1.807) is 22.3 Å². The number of amides is 2. The van der Waals surface area contributed by atoms with Crippen molar-refractivity contribution in [3.05, 3.63) is 46.6 Å². The maximum absolute atomic E-state index is 13.4. The lowest BCUT2D eigenvalue weighted by atomic mass is 9.89. The second-order valence-corrected chi connectivity index (χ2v) is 11.3. The average Bonchev–Trinajstić information content (AvgIpc) is 3.50. The number of fused-ring (bicyclic) bond motifs is 1. The van der Waals surface area contributed by atoms with Crippen molar-refractivity contribution in [3.8, 4) is 0 Å². The number of nitrogen functional groups attached to an aromatic ring is 1. The maximum atomic E-state index is 13.4. The Morgan fingerprint density at radius 3 is 2.78 bits per heavy atom. The van der Waals surface area contributed by atoms with Crippen LogP contribution in [0.5, 0.6) is 0 Å². The lowest BCUT2D eigenvalue weighted by molar-refractivity contribution is -0.146. The number of piperidine rings is 1. The van der Waals surface area contributed by atoms with Crippen LogP contribution in [0.25, 0.3) is 10.2 Å². The van der Waals surface area contributed by atoms with E-state index in [9.17, 15) is 9.59 Å². The maximum Gasteiger partial charge on any atom is 0.313 e. The minimum atomic E-state index is -0.648. The molecule has 0 bridgehead atoms.